The van der Waals surface area contributed by atoms with E-state index < -0.39 is 0 Å². The standard InChI is InChI=1S/C20H22N2O2S/c1-2-23-20-12-16(13-21-14-17-6-3-4-10-22-17)8-9-19(20)24-15-18-7-5-11-25-18/h3-12,21H,2,13-15H2,1H3/p+1. The Bertz CT molecular complexity index is 761. The van der Waals surface area contributed by atoms with Crippen LogP contribution in [-0.4, -0.2) is 11.6 Å². The Kier molecular flexibility index (Phi) is 6.42. The zero-order valence-electron chi connectivity index (χ0n) is 14.4. The topological polar surface area (TPSA) is 48.0 Å². The Morgan fingerprint density at radius 3 is 2.72 bits per heavy atom. The summed E-state index contributed by atoms with van der Waals surface area (Å²) in [5.41, 5.74) is 2.30. The number of benzene rings is 1. The molecular weight excluding hydrogens is 332 g/mol. The summed E-state index contributed by atoms with van der Waals surface area (Å²) in [7, 11) is 0. The van der Waals surface area contributed by atoms with Crippen LogP contribution in [0.3, 0.4) is 0 Å². The fraction of sp³-hybridized carbons (Fsp3) is 0.250. The van der Waals surface area contributed by atoms with Gasteiger partial charge in [0.1, 0.15) is 19.7 Å². The molecule has 0 aliphatic rings. The molecule has 0 atom stereocenters. The lowest BCUT2D eigenvalue weighted by atomic mass is 10.2. The number of aromatic nitrogens is 1. The predicted molar refractivity (Wildman–Crippen MR) is 99.8 cm³/mol. The highest BCUT2D eigenvalue weighted by atomic mass is 32.1. The summed E-state index contributed by atoms with van der Waals surface area (Å²) in [6.45, 7) is 4.92. The molecular formula is C20H23N2O2S+. The first-order valence-electron chi connectivity index (χ1n) is 8.47. The van der Waals surface area contributed by atoms with Gasteiger partial charge in [0.15, 0.2) is 11.5 Å². The van der Waals surface area contributed by atoms with Gasteiger partial charge in [0.2, 0.25) is 0 Å². The number of ether oxygens (including phenoxy) is 2. The molecule has 0 fully saturated rings. The molecule has 2 aromatic heterocycles. The second-order valence-corrected chi connectivity index (χ2v) is 6.63. The van der Waals surface area contributed by atoms with Crippen LogP contribution in [0, 0.1) is 0 Å². The quantitative estimate of drug-likeness (QED) is 0.640. The van der Waals surface area contributed by atoms with Gasteiger partial charge in [-0.1, -0.05) is 12.1 Å². The number of nitrogens with two attached hydrogens (primary N) is 1. The molecule has 4 nitrogen and oxygen atoms in total. The van der Waals surface area contributed by atoms with E-state index in [1.165, 1.54) is 10.4 Å². The number of thiophene rings is 1. The van der Waals surface area contributed by atoms with Gasteiger partial charge in [-0.05, 0) is 48.7 Å². The molecule has 25 heavy (non-hydrogen) atoms. The molecule has 3 rings (SSSR count). The van der Waals surface area contributed by atoms with Crippen molar-refractivity contribution in [2.45, 2.75) is 26.6 Å². The van der Waals surface area contributed by atoms with E-state index in [-0.39, 0.29) is 0 Å². The maximum absolute atomic E-state index is 5.93. The minimum atomic E-state index is 0.572. The highest BCUT2D eigenvalue weighted by Gasteiger charge is 2.08. The van der Waals surface area contributed by atoms with Crippen molar-refractivity contribution < 1.29 is 14.8 Å². The van der Waals surface area contributed by atoms with Gasteiger partial charge in [-0.3, -0.25) is 4.98 Å². The van der Waals surface area contributed by atoms with Crippen molar-refractivity contribution in [2.24, 2.45) is 0 Å². The van der Waals surface area contributed by atoms with Crippen molar-refractivity contribution in [3.63, 3.8) is 0 Å². The van der Waals surface area contributed by atoms with Gasteiger partial charge in [-0.15, -0.1) is 11.3 Å². The van der Waals surface area contributed by atoms with Crippen molar-refractivity contribution in [1.82, 2.24) is 4.98 Å². The van der Waals surface area contributed by atoms with Crippen LogP contribution in [0.25, 0.3) is 0 Å². The summed E-state index contributed by atoms with van der Waals surface area (Å²) in [6.07, 6.45) is 1.83. The molecule has 2 N–H and O–H groups in total. The van der Waals surface area contributed by atoms with Crippen LogP contribution >= 0.6 is 11.3 Å². The molecule has 0 bridgehead atoms. The Hall–Kier alpha value is -2.37. The van der Waals surface area contributed by atoms with E-state index in [9.17, 15) is 0 Å². The number of hydrogen-bond acceptors (Lipinski definition) is 4. The molecule has 0 amide bonds. The molecule has 0 saturated carbocycles. The number of nitrogens with zero attached hydrogens (tertiary/aromatic N) is 1. The normalized spacial score (nSPS) is 10.6. The lowest BCUT2D eigenvalue weighted by Gasteiger charge is -2.12. The lowest BCUT2D eigenvalue weighted by molar-refractivity contribution is -0.686. The van der Waals surface area contributed by atoms with E-state index in [0.717, 1.165) is 30.3 Å². The summed E-state index contributed by atoms with van der Waals surface area (Å²) < 4.78 is 11.7. The maximum Gasteiger partial charge on any atom is 0.161 e. The Balaban J connectivity index is 1.59. The smallest absolute Gasteiger partial charge is 0.161 e. The molecule has 0 spiro atoms. The molecule has 5 heteroatoms. The zero-order valence-corrected chi connectivity index (χ0v) is 15.2. The van der Waals surface area contributed by atoms with E-state index in [4.69, 9.17) is 9.47 Å². The number of rotatable bonds is 9. The SMILES string of the molecule is CCOc1cc(C[NH2+]Cc2ccccn2)ccc1OCc1cccs1. The van der Waals surface area contributed by atoms with Crippen LogP contribution in [0.5, 0.6) is 11.5 Å². The van der Waals surface area contributed by atoms with Gasteiger partial charge in [-0.2, -0.15) is 0 Å². The molecule has 0 aliphatic carbocycles. The molecule has 1 aromatic carbocycles. The maximum atomic E-state index is 5.93. The average molecular weight is 355 g/mol. The van der Waals surface area contributed by atoms with Gasteiger partial charge in [0, 0.05) is 16.6 Å². The average Bonchev–Trinajstić information content (AvgIpc) is 3.16. The molecule has 3 aromatic rings. The van der Waals surface area contributed by atoms with E-state index in [2.05, 4.69) is 33.9 Å². The molecule has 0 aliphatic heterocycles. The van der Waals surface area contributed by atoms with Gasteiger partial charge in [0.25, 0.3) is 0 Å². The second kappa shape index (κ2) is 9.20. The first-order chi connectivity index (χ1) is 12.3. The lowest BCUT2D eigenvalue weighted by Crippen LogP contribution is -2.80. The highest BCUT2D eigenvalue weighted by Crippen LogP contribution is 2.29. The molecule has 2 heterocycles. The number of pyridine rings is 1. The van der Waals surface area contributed by atoms with Crippen LogP contribution in [0.4, 0.5) is 0 Å². The fourth-order valence-electron chi connectivity index (χ4n) is 2.52. The van der Waals surface area contributed by atoms with Crippen molar-refractivity contribution in [2.75, 3.05) is 6.61 Å². The molecule has 0 unspecified atom stereocenters. The van der Waals surface area contributed by atoms with Crippen molar-refractivity contribution in [1.29, 1.82) is 0 Å². The van der Waals surface area contributed by atoms with E-state index >= 15 is 0 Å². The molecule has 130 valence electrons. The van der Waals surface area contributed by atoms with E-state index in [0.29, 0.717) is 13.2 Å². The molecule has 0 saturated heterocycles. The third-order valence-corrected chi connectivity index (χ3v) is 4.57. The summed E-state index contributed by atoms with van der Waals surface area (Å²) in [6, 6.07) is 16.3. The van der Waals surface area contributed by atoms with Crippen molar-refractivity contribution in [3.05, 3.63) is 76.2 Å². The summed E-state index contributed by atoms with van der Waals surface area (Å²) >= 11 is 1.70. The zero-order chi connectivity index (χ0) is 17.3. The Labute approximate surface area is 152 Å². The summed E-state index contributed by atoms with van der Waals surface area (Å²) in [5.74, 6) is 1.60. The monoisotopic (exact) mass is 355 g/mol. The van der Waals surface area contributed by atoms with Gasteiger partial charge in [0.05, 0.1) is 12.3 Å². The minimum Gasteiger partial charge on any atom is -0.490 e. The van der Waals surface area contributed by atoms with Gasteiger partial charge in [-0.25, -0.2) is 0 Å². The first kappa shape index (κ1) is 17.5. The van der Waals surface area contributed by atoms with E-state index in [1.54, 1.807) is 11.3 Å². The van der Waals surface area contributed by atoms with Crippen LogP contribution in [-0.2, 0) is 19.7 Å². The van der Waals surface area contributed by atoms with Gasteiger partial charge < -0.3 is 14.8 Å². The first-order valence-corrected chi connectivity index (χ1v) is 9.35. The van der Waals surface area contributed by atoms with Gasteiger partial charge >= 0.3 is 0 Å². The van der Waals surface area contributed by atoms with Crippen LogP contribution in [0.2, 0.25) is 0 Å². The third-order valence-electron chi connectivity index (χ3n) is 3.72. The van der Waals surface area contributed by atoms with Crippen molar-refractivity contribution in [3.8, 4) is 11.5 Å². The van der Waals surface area contributed by atoms with Crippen LogP contribution in [0.15, 0.2) is 60.1 Å². The number of quaternary nitrogens is 1. The van der Waals surface area contributed by atoms with E-state index in [1.807, 2.05) is 43.5 Å². The second-order valence-electron chi connectivity index (χ2n) is 5.60. The summed E-state index contributed by atoms with van der Waals surface area (Å²) in [4.78, 5) is 5.55. The van der Waals surface area contributed by atoms with Crippen LogP contribution in [0.1, 0.15) is 23.1 Å². The number of hydrogen-bond donors (Lipinski definition) is 1. The highest BCUT2D eigenvalue weighted by molar-refractivity contribution is 7.09. The largest absolute Gasteiger partial charge is 0.490 e. The Morgan fingerprint density at radius 1 is 1.00 bits per heavy atom. The molecule has 0 radical (unpaired) electrons. The third kappa shape index (κ3) is 5.31. The van der Waals surface area contributed by atoms with Crippen LogP contribution < -0.4 is 14.8 Å². The van der Waals surface area contributed by atoms with Crippen molar-refractivity contribution >= 4 is 11.3 Å². The minimum absolute atomic E-state index is 0.572. The predicted octanol–water partition coefficient (Wildman–Crippen LogP) is 3.38. The fourth-order valence-corrected chi connectivity index (χ4v) is 3.13. The Morgan fingerprint density at radius 2 is 1.96 bits per heavy atom. The summed E-state index contributed by atoms with van der Waals surface area (Å²) in [5, 5.41) is 4.29.